The van der Waals surface area contributed by atoms with E-state index in [4.69, 9.17) is 21.3 Å². The largest absolute Gasteiger partial charge is 0.456 e. The highest BCUT2D eigenvalue weighted by Gasteiger charge is 2.21. The molecule has 0 radical (unpaired) electrons. The van der Waals surface area contributed by atoms with E-state index in [1.807, 2.05) is 42.5 Å². The van der Waals surface area contributed by atoms with Crippen LogP contribution in [0.3, 0.4) is 0 Å². The molecule has 2 aromatic carbocycles. The smallest absolute Gasteiger partial charge is 0.184 e. The Hall–Kier alpha value is -1.69. The van der Waals surface area contributed by atoms with Crippen molar-refractivity contribution in [2.45, 2.75) is 18.6 Å². The first-order valence-electron chi connectivity index (χ1n) is 7.60. The lowest BCUT2D eigenvalue weighted by Gasteiger charge is -2.24. The highest BCUT2D eigenvalue weighted by atomic mass is 35.5. The fourth-order valence-corrected chi connectivity index (χ4v) is 3.84. The van der Waals surface area contributed by atoms with Crippen molar-refractivity contribution in [1.82, 2.24) is 13.9 Å². The SMILES string of the molecule is CCN1CCn2c(nc3cc(Cl)c(Oc4ccccc4)cc32)S1. The van der Waals surface area contributed by atoms with Gasteiger partial charge in [0, 0.05) is 25.7 Å². The normalized spacial score (nSPS) is 14.9. The maximum Gasteiger partial charge on any atom is 0.184 e. The summed E-state index contributed by atoms with van der Waals surface area (Å²) in [6.45, 7) is 5.11. The van der Waals surface area contributed by atoms with E-state index in [0.29, 0.717) is 10.8 Å². The highest BCUT2D eigenvalue weighted by molar-refractivity contribution is 7.96. The van der Waals surface area contributed by atoms with Crippen molar-refractivity contribution in [2.24, 2.45) is 0 Å². The second-order valence-electron chi connectivity index (χ2n) is 5.35. The fourth-order valence-electron chi connectivity index (χ4n) is 2.68. The summed E-state index contributed by atoms with van der Waals surface area (Å²) >= 11 is 8.08. The minimum Gasteiger partial charge on any atom is -0.456 e. The van der Waals surface area contributed by atoms with Crippen LogP contribution in [0.15, 0.2) is 47.6 Å². The summed E-state index contributed by atoms with van der Waals surface area (Å²) in [6.07, 6.45) is 0. The van der Waals surface area contributed by atoms with Gasteiger partial charge in [-0.3, -0.25) is 0 Å². The second-order valence-corrected chi connectivity index (χ2v) is 6.82. The summed E-state index contributed by atoms with van der Waals surface area (Å²) in [5, 5.41) is 1.59. The zero-order valence-electron chi connectivity index (χ0n) is 12.7. The first kappa shape index (κ1) is 14.9. The summed E-state index contributed by atoms with van der Waals surface area (Å²) < 4.78 is 10.5. The van der Waals surface area contributed by atoms with Gasteiger partial charge in [-0.15, -0.1) is 0 Å². The number of ether oxygens (including phenoxy) is 1. The number of likely N-dealkylation sites (N-methyl/N-ethyl adjacent to an activating group) is 1. The molecule has 1 aliphatic heterocycles. The summed E-state index contributed by atoms with van der Waals surface area (Å²) in [4.78, 5) is 4.70. The second kappa shape index (κ2) is 6.07. The zero-order chi connectivity index (χ0) is 15.8. The van der Waals surface area contributed by atoms with E-state index < -0.39 is 0 Å². The maximum absolute atomic E-state index is 6.38. The molecule has 1 aromatic heterocycles. The number of imidazole rings is 1. The van der Waals surface area contributed by atoms with Crippen LogP contribution >= 0.6 is 23.5 Å². The first-order chi connectivity index (χ1) is 11.2. The van der Waals surface area contributed by atoms with Crippen molar-refractivity contribution < 1.29 is 4.74 Å². The molecule has 4 nitrogen and oxygen atoms in total. The molecule has 6 heteroatoms. The molecule has 0 bridgehead atoms. The van der Waals surface area contributed by atoms with E-state index >= 15 is 0 Å². The molecule has 0 unspecified atom stereocenters. The Morgan fingerprint density at radius 2 is 2.04 bits per heavy atom. The van der Waals surface area contributed by atoms with E-state index in [0.717, 1.165) is 41.6 Å². The number of fused-ring (bicyclic) bond motifs is 3. The number of hydrogen-bond donors (Lipinski definition) is 0. The predicted octanol–water partition coefficient (Wildman–Crippen LogP) is 4.82. The van der Waals surface area contributed by atoms with Gasteiger partial charge < -0.3 is 9.30 Å². The van der Waals surface area contributed by atoms with Gasteiger partial charge in [0.05, 0.1) is 16.1 Å². The summed E-state index contributed by atoms with van der Waals surface area (Å²) in [5.41, 5.74) is 1.98. The molecule has 0 atom stereocenters. The van der Waals surface area contributed by atoms with Crippen LogP contribution in [0.2, 0.25) is 5.02 Å². The number of rotatable bonds is 3. The fraction of sp³-hybridized carbons (Fsp3) is 0.235. The van der Waals surface area contributed by atoms with Crippen molar-refractivity contribution in [2.75, 3.05) is 13.1 Å². The average molecular weight is 346 g/mol. The molecule has 118 valence electrons. The third-order valence-corrected chi connectivity index (χ3v) is 5.34. The van der Waals surface area contributed by atoms with Gasteiger partial charge in [-0.2, -0.15) is 0 Å². The van der Waals surface area contributed by atoms with Crippen molar-refractivity contribution in [3.63, 3.8) is 0 Å². The lowest BCUT2D eigenvalue weighted by Crippen LogP contribution is -2.26. The van der Waals surface area contributed by atoms with E-state index in [-0.39, 0.29) is 0 Å². The number of benzene rings is 2. The number of aromatic nitrogens is 2. The first-order valence-corrected chi connectivity index (χ1v) is 8.75. The Kier molecular flexibility index (Phi) is 3.93. The number of hydrogen-bond acceptors (Lipinski definition) is 4. The molecule has 0 saturated heterocycles. The lowest BCUT2D eigenvalue weighted by molar-refractivity contribution is 0.425. The van der Waals surface area contributed by atoms with E-state index in [1.54, 1.807) is 11.9 Å². The third-order valence-electron chi connectivity index (χ3n) is 3.87. The lowest BCUT2D eigenvalue weighted by atomic mass is 10.3. The van der Waals surface area contributed by atoms with E-state index in [1.165, 1.54) is 0 Å². The van der Waals surface area contributed by atoms with Crippen LogP contribution in [0.5, 0.6) is 11.5 Å². The van der Waals surface area contributed by atoms with Gasteiger partial charge >= 0.3 is 0 Å². The van der Waals surface area contributed by atoms with Gasteiger partial charge in [0.2, 0.25) is 0 Å². The number of nitrogens with zero attached hydrogens (tertiary/aromatic N) is 3. The van der Waals surface area contributed by atoms with Crippen LogP contribution in [-0.4, -0.2) is 26.9 Å². The van der Waals surface area contributed by atoms with Crippen molar-refractivity contribution in [3.05, 3.63) is 47.5 Å². The molecule has 0 N–H and O–H groups in total. The molecule has 2 heterocycles. The molecular formula is C17H16ClN3OS. The van der Waals surface area contributed by atoms with E-state index in [9.17, 15) is 0 Å². The van der Waals surface area contributed by atoms with Crippen LogP contribution in [0, 0.1) is 0 Å². The van der Waals surface area contributed by atoms with Crippen LogP contribution < -0.4 is 4.74 Å². The summed E-state index contributed by atoms with van der Waals surface area (Å²) in [6, 6.07) is 13.6. The molecule has 0 aliphatic carbocycles. The molecule has 0 fully saturated rings. The molecule has 1 aliphatic rings. The van der Waals surface area contributed by atoms with Gasteiger partial charge in [-0.1, -0.05) is 36.7 Å². The Labute approximate surface area is 144 Å². The monoisotopic (exact) mass is 345 g/mol. The quantitative estimate of drug-likeness (QED) is 0.636. The van der Waals surface area contributed by atoms with Crippen molar-refractivity contribution in [3.8, 4) is 11.5 Å². The van der Waals surface area contributed by atoms with Crippen LogP contribution in [-0.2, 0) is 6.54 Å². The van der Waals surface area contributed by atoms with Crippen LogP contribution in [0.4, 0.5) is 0 Å². The predicted molar refractivity (Wildman–Crippen MR) is 94.4 cm³/mol. The molecular weight excluding hydrogens is 330 g/mol. The third kappa shape index (κ3) is 2.80. The number of halogens is 1. The highest BCUT2D eigenvalue weighted by Crippen LogP contribution is 2.37. The maximum atomic E-state index is 6.38. The van der Waals surface area contributed by atoms with Crippen LogP contribution in [0.1, 0.15) is 6.92 Å². The Morgan fingerprint density at radius 3 is 2.83 bits per heavy atom. The van der Waals surface area contributed by atoms with Crippen LogP contribution in [0.25, 0.3) is 11.0 Å². The van der Waals surface area contributed by atoms with Gasteiger partial charge in [-0.05, 0) is 30.1 Å². The minimum absolute atomic E-state index is 0.578. The molecule has 4 rings (SSSR count). The van der Waals surface area contributed by atoms with Crippen molar-refractivity contribution >= 4 is 34.6 Å². The Morgan fingerprint density at radius 1 is 1.22 bits per heavy atom. The average Bonchev–Trinajstić information content (AvgIpc) is 2.92. The molecule has 0 spiro atoms. The summed E-state index contributed by atoms with van der Waals surface area (Å²) in [7, 11) is 0. The minimum atomic E-state index is 0.578. The molecule has 0 saturated carbocycles. The van der Waals surface area contributed by atoms with Gasteiger partial charge in [0.25, 0.3) is 0 Å². The molecule has 3 aromatic rings. The van der Waals surface area contributed by atoms with Crippen molar-refractivity contribution in [1.29, 1.82) is 0 Å². The standard InChI is InChI=1S/C17H16ClN3OS/c1-2-20-8-9-21-15-11-16(22-12-6-4-3-5-7-12)13(18)10-14(15)19-17(21)23-20/h3-7,10-11H,2,8-9H2,1H3. The molecule has 0 amide bonds. The zero-order valence-corrected chi connectivity index (χ0v) is 14.3. The number of para-hydroxylation sites is 1. The summed E-state index contributed by atoms with van der Waals surface area (Å²) in [5.74, 6) is 1.44. The molecule has 23 heavy (non-hydrogen) atoms. The van der Waals surface area contributed by atoms with E-state index in [2.05, 4.69) is 15.8 Å². The van der Waals surface area contributed by atoms with Gasteiger partial charge in [-0.25, -0.2) is 9.29 Å². The topological polar surface area (TPSA) is 30.3 Å². The Balaban J connectivity index is 1.75. The van der Waals surface area contributed by atoms with Gasteiger partial charge in [0.1, 0.15) is 11.5 Å². The van der Waals surface area contributed by atoms with Gasteiger partial charge in [0.15, 0.2) is 5.16 Å². The Bertz CT molecular complexity index is 850.